The molecule has 1 aliphatic rings. The van der Waals surface area contributed by atoms with E-state index < -0.39 is 11.9 Å². The van der Waals surface area contributed by atoms with Gasteiger partial charge in [-0.3, -0.25) is 0 Å². The van der Waals surface area contributed by atoms with Crippen molar-refractivity contribution in [1.29, 1.82) is 0 Å². The number of aliphatic hydroxyl groups excluding tert-OH is 1. The minimum absolute atomic E-state index is 0.0638. The zero-order valence-corrected chi connectivity index (χ0v) is 14.8. The number of urea groups is 1. The Hall–Kier alpha value is -2.40. The molecule has 3 rings (SSSR count). The fourth-order valence-corrected chi connectivity index (χ4v) is 3.51. The molecule has 26 heavy (non-hydrogen) atoms. The van der Waals surface area contributed by atoms with Crippen LogP contribution in [-0.4, -0.2) is 28.6 Å². The summed E-state index contributed by atoms with van der Waals surface area (Å²) in [6.45, 7) is 0.189. The van der Waals surface area contributed by atoms with Crippen molar-refractivity contribution < 1.29 is 14.3 Å². The Morgan fingerprint density at radius 1 is 1.08 bits per heavy atom. The average Bonchev–Trinajstić information content (AvgIpc) is 2.69. The summed E-state index contributed by atoms with van der Waals surface area (Å²) < 4.78 is 13.9. The number of amides is 2. The van der Waals surface area contributed by atoms with E-state index >= 15 is 0 Å². The second kappa shape index (κ2) is 8.81. The van der Waals surface area contributed by atoms with Crippen LogP contribution < -0.4 is 5.32 Å². The van der Waals surface area contributed by atoms with Gasteiger partial charge in [-0.15, -0.1) is 0 Å². The van der Waals surface area contributed by atoms with Crippen molar-refractivity contribution in [1.82, 2.24) is 4.90 Å². The highest BCUT2D eigenvalue weighted by molar-refractivity contribution is 5.89. The smallest absolute Gasteiger partial charge is 0.322 e. The third-order valence-electron chi connectivity index (χ3n) is 4.95. The summed E-state index contributed by atoms with van der Waals surface area (Å²) in [6, 6.07) is 15.1. The normalized spacial score (nSPS) is 16.1. The average molecular weight is 356 g/mol. The summed E-state index contributed by atoms with van der Waals surface area (Å²) in [6.07, 6.45) is 4.34. The molecule has 0 saturated heterocycles. The molecule has 1 fully saturated rings. The van der Waals surface area contributed by atoms with Gasteiger partial charge in [-0.25, -0.2) is 9.18 Å². The van der Waals surface area contributed by atoms with E-state index in [0.29, 0.717) is 0 Å². The van der Waals surface area contributed by atoms with Gasteiger partial charge in [-0.1, -0.05) is 61.7 Å². The van der Waals surface area contributed by atoms with Crippen LogP contribution in [0.1, 0.15) is 43.8 Å². The van der Waals surface area contributed by atoms with Crippen molar-refractivity contribution >= 4 is 11.7 Å². The first-order chi connectivity index (χ1) is 12.6. The molecule has 0 aliphatic heterocycles. The second-order valence-corrected chi connectivity index (χ2v) is 6.78. The zero-order chi connectivity index (χ0) is 18.4. The number of halogens is 1. The number of hydrogen-bond donors (Lipinski definition) is 2. The highest BCUT2D eigenvalue weighted by atomic mass is 19.1. The maximum Gasteiger partial charge on any atom is 0.322 e. The molecule has 2 N–H and O–H groups in total. The lowest BCUT2D eigenvalue weighted by atomic mass is 9.94. The van der Waals surface area contributed by atoms with E-state index in [2.05, 4.69) is 5.32 Å². The molecule has 0 heterocycles. The topological polar surface area (TPSA) is 52.6 Å². The van der Waals surface area contributed by atoms with Gasteiger partial charge in [-0.2, -0.15) is 0 Å². The number of rotatable bonds is 5. The summed E-state index contributed by atoms with van der Waals surface area (Å²) in [4.78, 5) is 14.5. The standard InChI is InChI=1S/C21H25FN2O2/c22-18-13-7-8-14-19(18)23-21(26)24(17-11-5-2-6-12-17)15-20(25)16-9-3-1-4-10-16/h1,3-4,7-10,13-14,17,20,25H,2,5-6,11-12,15H2,(H,23,26)/t20-/m0/s1. The van der Waals surface area contributed by atoms with Crippen LogP contribution in [0.15, 0.2) is 54.6 Å². The van der Waals surface area contributed by atoms with Gasteiger partial charge >= 0.3 is 6.03 Å². The van der Waals surface area contributed by atoms with E-state index in [-0.39, 0.29) is 24.3 Å². The molecule has 0 unspecified atom stereocenters. The number of para-hydroxylation sites is 1. The van der Waals surface area contributed by atoms with Crippen molar-refractivity contribution in [3.05, 3.63) is 66.0 Å². The summed E-state index contributed by atoms with van der Waals surface area (Å²) >= 11 is 0. The first-order valence-corrected chi connectivity index (χ1v) is 9.20. The van der Waals surface area contributed by atoms with Gasteiger partial charge < -0.3 is 15.3 Å². The van der Waals surface area contributed by atoms with Gasteiger partial charge in [0.15, 0.2) is 0 Å². The van der Waals surface area contributed by atoms with Crippen LogP contribution in [0, 0.1) is 5.82 Å². The van der Waals surface area contributed by atoms with E-state index in [9.17, 15) is 14.3 Å². The molecule has 0 aromatic heterocycles. The van der Waals surface area contributed by atoms with Crippen molar-refractivity contribution in [2.24, 2.45) is 0 Å². The molecule has 4 nitrogen and oxygen atoms in total. The lowest BCUT2D eigenvalue weighted by Crippen LogP contribution is -2.46. The Morgan fingerprint density at radius 2 is 1.73 bits per heavy atom. The lowest BCUT2D eigenvalue weighted by Gasteiger charge is -2.35. The molecule has 2 aromatic carbocycles. The predicted molar refractivity (Wildman–Crippen MR) is 100 cm³/mol. The molecule has 0 bridgehead atoms. The van der Waals surface area contributed by atoms with Gasteiger partial charge in [0, 0.05) is 6.04 Å². The summed E-state index contributed by atoms with van der Waals surface area (Å²) in [5, 5.41) is 13.3. The minimum Gasteiger partial charge on any atom is -0.387 e. The van der Waals surface area contributed by atoms with Gasteiger partial charge in [0.2, 0.25) is 0 Å². The first kappa shape index (κ1) is 18.4. The predicted octanol–water partition coefficient (Wildman–Crippen LogP) is 4.73. The van der Waals surface area contributed by atoms with Crippen molar-refractivity contribution in [2.75, 3.05) is 11.9 Å². The molecule has 1 saturated carbocycles. The first-order valence-electron chi connectivity index (χ1n) is 9.20. The molecular formula is C21H25FN2O2. The Labute approximate surface area is 153 Å². The van der Waals surface area contributed by atoms with Gasteiger partial charge in [0.1, 0.15) is 5.82 Å². The maximum atomic E-state index is 13.9. The van der Waals surface area contributed by atoms with Crippen molar-refractivity contribution in [3.63, 3.8) is 0 Å². The van der Waals surface area contributed by atoms with Crippen LogP contribution >= 0.6 is 0 Å². The third-order valence-corrected chi connectivity index (χ3v) is 4.95. The number of benzene rings is 2. The van der Waals surface area contributed by atoms with Gasteiger partial charge in [0.05, 0.1) is 18.3 Å². The summed E-state index contributed by atoms with van der Waals surface area (Å²) in [7, 11) is 0. The van der Waals surface area contributed by atoms with Crippen LogP contribution in [-0.2, 0) is 0 Å². The SMILES string of the molecule is O=C(Nc1ccccc1F)N(C[C@H](O)c1ccccc1)C1CCCCC1. The fraction of sp³-hybridized carbons (Fsp3) is 0.381. The van der Waals surface area contributed by atoms with E-state index in [0.717, 1.165) is 31.2 Å². The van der Waals surface area contributed by atoms with Gasteiger partial charge in [0.25, 0.3) is 0 Å². The van der Waals surface area contributed by atoms with Crippen LogP contribution in [0.3, 0.4) is 0 Å². The molecular weight excluding hydrogens is 331 g/mol. The summed E-state index contributed by atoms with van der Waals surface area (Å²) in [5.74, 6) is -0.465. The molecule has 0 spiro atoms. The van der Waals surface area contributed by atoms with Crippen molar-refractivity contribution in [2.45, 2.75) is 44.2 Å². The highest BCUT2D eigenvalue weighted by Crippen LogP contribution is 2.26. The fourth-order valence-electron chi connectivity index (χ4n) is 3.51. The van der Waals surface area contributed by atoms with Crippen LogP contribution in [0.4, 0.5) is 14.9 Å². The van der Waals surface area contributed by atoms with Crippen LogP contribution in [0.25, 0.3) is 0 Å². The Bertz CT molecular complexity index is 717. The number of nitrogens with zero attached hydrogens (tertiary/aromatic N) is 1. The zero-order valence-electron chi connectivity index (χ0n) is 14.8. The Balaban J connectivity index is 1.76. The monoisotopic (exact) mass is 356 g/mol. The number of carbonyl (C=O) groups is 1. The van der Waals surface area contributed by atoms with E-state index in [1.54, 1.807) is 23.1 Å². The quantitative estimate of drug-likeness (QED) is 0.814. The lowest BCUT2D eigenvalue weighted by molar-refractivity contribution is 0.0956. The second-order valence-electron chi connectivity index (χ2n) is 6.78. The van der Waals surface area contributed by atoms with E-state index in [4.69, 9.17) is 0 Å². The van der Waals surface area contributed by atoms with Gasteiger partial charge in [-0.05, 0) is 30.5 Å². The molecule has 138 valence electrons. The highest BCUT2D eigenvalue weighted by Gasteiger charge is 2.28. The van der Waals surface area contributed by atoms with Crippen LogP contribution in [0.2, 0.25) is 0 Å². The molecule has 5 heteroatoms. The molecule has 0 radical (unpaired) electrons. The Morgan fingerprint density at radius 3 is 2.42 bits per heavy atom. The number of carbonyl (C=O) groups excluding carboxylic acids is 1. The number of nitrogens with one attached hydrogen (secondary N) is 1. The van der Waals surface area contributed by atoms with E-state index in [1.807, 2.05) is 30.3 Å². The number of aliphatic hydroxyl groups is 1. The Kier molecular flexibility index (Phi) is 6.23. The largest absolute Gasteiger partial charge is 0.387 e. The molecule has 1 atom stereocenters. The third kappa shape index (κ3) is 4.61. The maximum absolute atomic E-state index is 13.9. The molecule has 1 aliphatic carbocycles. The molecule has 2 amide bonds. The van der Waals surface area contributed by atoms with Crippen LogP contribution in [0.5, 0.6) is 0 Å². The molecule has 2 aromatic rings. The van der Waals surface area contributed by atoms with Crippen molar-refractivity contribution in [3.8, 4) is 0 Å². The number of anilines is 1. The van der Waals surface area contributed by atoms with E-state index in [1.165, 1.54) is 12.5 Å². The number of hydrogen-bond acceptors (Lipinski definition) is 2. The summed E-state index contributed by atoms with van der Waals surface area (Å²) in [5.41, 5.74) is 0.930. The minimum atomic E-state index is -0.774.